The maximum Gasteiger partial charge on any atom is 0.258 e. The predicted octanol–water partition coefficient (Wildman–Crippen LogP) is 8.31. The molecule has 39 heavy (non-hydrogen) atoms. The van der Waals surface area contributed by atoms with Crippen LogP contribution in [0.1, 0.15) is 47.8 Å². The molecule has 3 aromatic rings. The largest absolute Gasteiger partial charge is 0.366 e. The van der Waals surface area contributed by atoms with Gasteiger partial charge in [-0.25, -0.2) is 4.98 Å². The van der Waals surface area contributed by atoms with E-state index in [1.165, 1.54) is 6.08 Å². The molecule has 1 aromatic heterocycles. The summed E-state index contributed by atoms with van der Waals surface area (Å²) in [4.78, 5) is 19.8. The normalized spacial score (nSPS) is 11.3. The minimum atomic E-state index is -0.674. The van der Waals surface area contributed by atoms with E-state index >= 15 is 0 Å². The monoisotopic (exact) mass is 521 g/mol. The Kier molecular flexibility index (Phi) is 12.7. The molecule has 0 saturated heterocycles. The third kappa shape index (κ3) is 9.60. The Morgan fingerprint density at radius 1 is 1.13 bits per heavy atom. The van der Waals surface area contributed by atoms with Gasteiger partial charge < -0.3 is 10.2 Å². The number of benzene rings is 2. The lowest BCUT2D eigenvalue weighted by molar-refractivity contribution is 0.0989. The zero-order valence-electron chi connectivity index (χ0n) is 23.1. The summed E-state index contributed by atoms with van der Waals surface area (Å²) >= 11 is 0. The number of nitrogens with one attached hydrogen (secondary N) is 1. The number of pyridine rings is 1. The average Bonchev–Trinajstić information content (AvgIpc) is 2.98. The Labute approximate surface area is 232 Å². The minimum Gasteiger partial charge on any atom is -0.366 e. The van der Waals surface area contributed by atoms with E-state index in [2.05, 4.69) is 16.9 Å². The van der Waals surface area contributed by atoms with Crippen LogP contribution < -0.4 is 10.2 Å². The van der Waals surface area contributed by atoms with Crippen LogP contribution in [0.2, 0.25) is 0 Å². The smallest absolute Gasteiger partial charge is 0.258 e. The fraction of sp³-hybridized carbons (Fsp3) is 0.176. The van der Waals surface area contributed by atoms with E-state index in [1.54, 1.807) is 35.4 Å². The first kappa shape index (κ1) is 30.5. The summed E-state index contributed by atoms with van der Waals surface area (Å²) in [7, 11) is 0. The molecule has 0 fully saturated rings. The van der Waals surface area contributed by atoms with Crippen LogP contribution in [-0.4, -0.2) is 17.4 Å². The quantitative estimate of drug-likeness (QED) is 0.216. The minimum absolute atomic E-state index is 0.184. The van der Waals surface area contributed by atoms with Gasteiger partial charge in [-0.1, -0.05) is 86.7 Å². The molecule has 0 saturated carbocycles. The SMILES string of the molecule is C#C/C(F)=C\C=C(/C)CN(C(=O)c1ccc(/C=C\C=C)c(C)c1)c1ccnc(NCc2ccccc2)c1.CC. The lowest BCUT2D eigenvalue weighted by Gasteiger charge is -2.24. The van der Waals surface area contributed by atoms with Crippen molar-refractivity contribution in [3.05, 3.63) is 131 Å². The number of carbonyl (C=O) groups excluding carboxylic acids is 1. The predicted molar refractivity (Wildman–Crippen MR) is 163 cm³/mol. The molecule has 0 aliphatic rings. The van der Waals surface area contributed by atoms with Crippen LogP contribution >= 0.6 is 0 Å². The molecule has 0 radical (unpaired) electrons. The number of aryl methyl sites for hydroxylation is 1. The van der Waals surface area contributed by atoms with Crippen molar-refractivity contribution < 1.29 is 9.18 Å². The third-order valence-corrected chi connectivity index (χ3v) is 5.60. The highest BCUT2D eigenvalue weighted by molar-refractivity contribution is 6.06. The van der Waals surface area contributed by atoms with Crippen molar-refractivity contribution in [3.63, 3.8) is 0 Å². The van der Waals surface area contributed by atoms with E-state index < -0.39 is 5.83 Å². The van der Waals surface area contributed by atoms with E-state index in [0.717, 1.165) is 22.3 Å². The number of terminal acetylenes is 1. The van der Waals surface area contributed by atoms with Crippen LogP contribution in [0.4, 0.5) is 15.9 Å². The van der Waals surface area contributed by atoms with Crippen molar-refractivity contribution in [2.45, 2.75) is 34.2 Å². The first-order valence-electron chi connectivity index (χ1n) is 12.9. The number of allylic oxidation sites excluding steroid dienone is 5. The molecule has 0 spiro atoms. The van der Waals surface area contributed by atoms with Crippen LogP contribution in [0.15, 0.2) is 109 Å². The molecule has 4 nitrogen and oxygen atoms in total. The molecule has 5 heteroatoms. The van der Waals surface area contributed by atoms with Gasteiger partial charge in [-0.2, -0.15) is 4.39 Å². The summed E-state index contributed by atoms with van der Waals surface area (Å²) in [6.45, 7) is 12.3. The lowest BCUT2D eigenvalue weighted by atomic mass is 10.0. The number of aromatic nitrogens is 1. The molecule has 0 bridgehead atoms. The standard InChI is InChI=1S/C32H30FN3O.C2H6/c1-5-7-13-27-15-16-28(20-25(27)4)32(37)36(23-24(3)14-17-29(33)6-2)30-18-19-34-31(21-30)35-22-26-11-9-8-10-12-26;1-2/h2,5,7-21H,1,22-23H2,3-4H3,(H,34,35);1-2H3/b13-7-,24-14+,29-17+;. The van der Waals surface area contributed by atoms with E-state index in [4.69, 9.17) is 6.42 Å². The van der Waals surface area contributed by atoms with Gasteiger partial charge in [-0.05, 0) is 60.7 Å². The third-order valence-electron chi connectivity index (χ3n) is 5.60. The van der Waals surface area contributed by atoms with Crippen molar-refractivity contribution in [1.82, 2.24) is 4.98 Å². The number of nitrogens with zero attached hydrogens (tertiary/aromatic N) is 2. The Morgan fingerprint density at radius 3 is 2.54 bits per heavy atom. The number of hydrogen-bond donors (Lipinski definition) is 1. The average molecular weight is 522 g/mol. The highest BCUT2D eigenvalue weighted by Crippen LogP contribution is 2.23. The molecule has 0 atom stereocenters. The van der Waals surface area contributed by atoms with Crippen LogP contribution in [0.3, 0.4) is 0 Å². The van der Waals surface area contributed by atoms with E-state index in [1.807, 2.05) is 94.3 Å². The first-order valence-corrected chi connectivity index (χ1v) is 12.9. The summed E-state index contributed by atoms with van der Waals surface area (Å²) in [5.41, 5.74) is 5.06. The van der Waals surface area contributed by atoms with Crippen LogP contribution in [-0.2, 0) is 6.54 Å². The molecule has 3 rings (SSSR count). The topological polar surface area (TPSA) is 45.2 Å². The Hall–Kier alpha value is -4.69. The summed E-state index contributed by atoms with van der Waals surface area (Å²) < 4.78 is 13.5. The molecule has 0 aliphatic heterocycles. The van der Waals surface area contributed by atoms with Gasteiger partial charge in [0.1, 0.15) is 5.82 Å². The zero-order chi connectivity index (χ0) is 28.6. The maximum atomic E-state index is 13.7. The number of carbonyl (C=O) groups is 1. The maximum absolute atomic E-state index is 13.7. The van der Waals surface area contributed by atoms with Crippen molar-refractivity contribution >= 4 is 23.5 Å². The summed E-state index contributed by atoms with van der Waals surface area (Å²) in [6.07, 6.45) is 15.1. The second-order valence-corrected chi connectivity index (χ2v) is 8.47. The number of halogens is 1. The van der Waals surface area contributed by atoms with Crippen molar-refractivity contribution in [2.75, 3.05) is 16.8 Å². The van der Waals surface area contributed by atoms with Crippen LogP contribution in [0.5, 0.6) is 0 Å². The van der Waals surface area contributed by atoms with Gasteiger partial charge in [0.25, 0.3) is 5.91 Å². The second-order valence-electron chi connectivity index (χ2n) is 8.47. The fourth-order valence-corrected chi connectivity index (χ4v) is 3.64. The molecular formula is C34H36FN3O. The van der Waals surface area contributed by atoms with Gasteiger partial charge in [-0.15, -0.1) is 6.42 Å². The van der Waals surface area contributed by atoms with E-state index in [-0.39, 0.29) is 12.5 Å². The molecule has 2 aromatic carbocycles. The molecular weight excluding hydrogens is 485 g/mol. The van der Waals surface area contributed by atoms with Gasteiger partial charge in [0, 0.05) is 36.6 Å². The van der Waals surface area contributed by atoms with Gasteiger partial charge in [0.05, 0.1) is 0 Å². The van der Waals surface area contributed by atoms with Crippen molar-refractivity contribution in [2.24, 2.45) is 0 Å². The van der Waals surface area contributed by atoms with Crippen LogP contribution in [0, 0.1) is 19.3 Å². The van der Waals surface area contributed by atoms with Gasteiger partial charge in [0.2, 0.25) is 0 Å². The number of amides is 1. The number of hydrogen-bond acceptors (Lipinski definition) is 3. The van der Waals surface area contributed by atoms with Crippen LogP contribution in [0.25, 0.3) is 6.08 Å². The molecule has 0 unspecified atom stereocenters. The van der Waals surface area contributed by atoms with Crippen molar-refractivity contribution in [3.8, 4) is 12.3 Å². The van der Waals surface area contributed by atoms with Gasteiger partial charge in [-0.3, -0.25) is 4.79 Å². The summed E-state index contributed by atoms with van der Waals surface area (Å²) in [6, 6.07) is 19.2. The molecule has 200 valence electrons. The molecule has 1 amide bonds. The summed E-state index contributed by atoms with van der Waals surface area (Å²) in [5, 5.41) is 3.31. The van der Waals surface area contributed by atoms with E-state index in [0.29, 0.717) is 23.6 Å². The van der Waals surface area contributed by atoms with Gasteiger partial charge >= 0.3 is 0 Å². The molecule has 1 heterocycles. The number of rotatable bonds is 10. The van der Waals surface area contributed by atoms with Crippen molar-refractivity contribution in [1.29, 1.82) is 0 Å². The molecule has 0 aliphatic carbocycles. The Balaban J connectivity index is 0.00000260. The molecule has 1 N–H and O–H groups in total. The highest BCUT2D eigenvalue weighted by Gasteiger charge is 2.19. The second kappa shape index (κ2) is 16.2. The van der Waals surface area contributed by atoms with E-state index in [9.17, 15) is 9.18 Å². The Morgan fingerprint density at radius 2 is 1.87 bits per heavy atom. The highest BCUT2D eigenvalue weighted by atomic mass is 19.1. The Bertz CT molecular complexity index is 1380. The zero-order valence-corrected chi connectivity index (χ0v) is 23.1. The first-order chi connectivity index (χ1) is 18.9. The summed E-state index contributed by atoms with van der Waals surface area (Å²) in [5.74, 6) is 1.74. The fourth-order valence-electron chi connectivity index (χ4n) is 3.64. The number of anilines is 2. The lowest BCUT2D eigenvalue weighted by Crippen LogP contribution is -2.32. The van der Waals surface area contributed by atoms with Gasteiger partial charge in [0.15, 0.2) is 5.83 Å².